The van der Waals surface area contributed by atoms with Crippen LogP contribution in [0.4, 0.5) is 0 Å². The molecule has 6 nitrogen and oxygen atoms in total. The molecule has 6 heteroatoms. The molecule has 110 valence electrons. The molecule has 19 heavy (non-hydrogen) atoms. The smallest absolute Gasteiger partial charge is 0.228 e. The Morgan fingerprint density at radius 3 is 2.63 bits per heavy atom. The minimum absolute atomic E-state index is 0.0124. The molecule has 2 N–H and O–H groups in total. The zero-order valence-corrected chi connectivity index (χ0v) is 12.4. The van der Waals surface area contributed by atoms with E-state index in [9.17, 15) is 9.59 Å². The highest BCUT2D eigenvalue weighted by Crippen LogP contribution is 2.20. The Labute approximate surface area is 115 Å². The lowest BCUT2D eigenvalue weighted by molar-refractivity contribution is -0.136. The molecule has 0 aromatic carbocycles. The standard InChI is InChI=1S/C13H26N4O2/c1-10(8-14)16(4)13(19)11-7-12(18)17(9-11)6-5-15(2)3/h10-11H,5-9,14H2,1-4H3. The number of carbonyl (C=O) groups is 2. The van der Waals surface area contributed by atoms with Gasteiger partial charge in [0.1, 0.15) is 0 Å². The van der Waals surface area contributed by atoms with Crippen molar-refractivity contribution in [2.75, 3.05) is 47.3 Å². The summed E-state index contributed by atoms with van der Waals surface area (Å²) in [4.78, 5) is 29.6. The Morgan fingerprint density at radius 1 is 1.47 bits per heavy atom. The molecule has 1 rings (SSSR count). The van der Waals surface area contributed by atoms with Gasteiger partial charge in [-0.1, -0.05) is 0 Å². The lowest BCUT2D eigenvalue weighted by Crippen LogP contribution is -2.43. The molecule has 0 aromatic rings. The average molecular weight is 270 g/mol. The lowest BCUT2D eigenvalue weighted by atomic mass is 10.1. The first-order valence-corrected chi connectivity index (χ1v) is 6.76. The number of nitrogens with two attached hydrogens (primary N) is 1. The Bertz CT molecular complexity index is 333. The van der Waals surface area contributed by atoms with Gasteiger partial charge in [-0.3, -0.25) is 9.59 Å². The number of nitrogens with zero attached hydrogens (tertiary/aromatic N) is 3. The molecule has 1 fully saturated rings. The molecule has 0 bridgehead atoms. The van der Waals surface area contributed by atoms with Crippen LogP contribution in [0.5, 0.6) is 0 Å². The Hall–Kier alpha value is -1.14. The SMILES string of the molecule is CC(CN)N(C)C(=O)C1CC(=O)N(CCN(C)C)C1. The predicted octanol–water partition coefficient (Wildman–Crippen LogP) is -0.798. The molecular formula is C13H26N4O2. The highest BCUT2D eigenvalue weighted by molar-refractivity contribution is 5.89. The van der Waals surface area contributed by atoms with Crippen LogP contribution < -0.4 is 5.73 Å². The topological polar surface area (TPSA) is 69.9 Å². The molecule has 2 atom stereocenters. The van der Waals surface area contributed by atoms with E-state index in [2.05, 4.69) is 0 Å². The van der Waals surface area contributed by atoms with E-state index in [1.165, 1.54) is 0 Å². The summed E-state index contributed by atoms with van der Waals surface area (Å²) in [5, 5.41) is 0. The third-order valence-corrected chi connectivity index (χ3v) is 3.73. The summed E-state index contributed by atoms with van der Waals surface area (Å²) in [6, 6.07) is 0.0124. The van der Waals surface area contributed by atoms with Crippen LogP contribution in [0.2, 0.25) is 0 Å². The normalized spacial score (nSPS) is 21.1. The summed E-state index contributed by atoms with van der Waals surface area (Å²) < 4.78 is 0. The zero-order chi connectivity index (χ0) is 14.6. The maximum Gasteiger partial charge on any atom is 0.228 e. The fourth-order valence-corrected chi connectivity index (χ4v) is 2.14. The van der Waals surface area contributed by atoms with Crippen molar-refractivity contribution >= 4 is 11.8 Å². The first-order valence-electron chi connectivity index (χ1n) is 6.76. The molecule has 2 amide bonds. The van der Waals surface area contributed by atoms with E-state index in [4.69, 9.17) is 5.73 Å². The van der Waals surface area contributed by atoms with Gasteiger partial charge in [0.15, 0.2) is 0 Å². The van der Waals surface area contributed by atoms with E-state index < -0.39 is 0 Å². The Balaban J connectivity index is 2.54. The fourth-order valence-electron chi connectivity index (χ4n) is 2.14. The molecule has 0 aliphatic carbocycles. The number of carbonyl (C=O) groups excluding carboxylic acids is 2. The van der Waals surface area contributed by atoms with Gasteiger partial charge in [0.2, 0.25) is 11.8 Å². The number of likely N-dealkylation sites (N-methyl/N-ethyl adjacent to an activating group) is 2. The summed E-state index contributed by atoms with van der Waals surface area (Å²) in [5.74, 6) is -0.110. The van der Waals surface area contributed by atoms with Crippen molar-refractivity contribution in [1.82, 2.24) is 14.7 Å². The van der Waals surface area contributed by atoms with Crippen LogP contribution in [0.3, 0.4) is 0 Å². The highest BCUT2D eigenvalue weighted by atomic mass is 16.2. The van der Waals surface area contributed by atoms with Gasteiger partial charge < -0.3 is 20.4 Å². The van der Waals surface area contributed by atoms with Crippen LogP contribution in [0.25, 0.3) is 0 Å². The van der Waals surface area contributed by atoms with Crippen molar-refractivity contribution in [2.45, 2.75) is 19.4 Å². The summed E-state index contributed by atoms with van der Waals surface area (Å²) in [6.07, 6.45) is 0.327. The van der Waals surface area contributed by atoms with Gasteiger partial charge >= 0.3 is 0 Å². The molecule has 0 aromatic heterocycles. The van der Waals surface area contributed by atoms with Gasteiger partial charge in [0.25, 0.3) is 0 Å². The number of hydrogen-bond donors (Lipinski definition) is 1. The van der Waals surface area contributed by atoms with E-state index in [0.29, 0.717) is 26.1 Å². The summed E-state index contributed by atoms with van der Waals surface area (Å²) in [5.41, 5.74) is 5.57. The number of hydrogen-bond acceptors (Lipinski definition) is 4. The Kier molecular flexibility index (Phi) is 5.75. The van der Waals surface area contributed by atoms with Crippen LogP contribution in [-0.4, -0.2) is 79.9 Å². The molecular weight excluding hydrogens is 244 g/mol. The second-order valence-corrected chi connectivity index (χ2v) is 5.58. The van der Waals surface area contributed by atoms with Gasteiger partial charge in [-0.25, -0.2) is 0 Å². The van der Waals surface area contributed by atoms with Crippen LogP contribution in [0.15, 0.2) is 0 Å². The van der Waals surface area contributed by atoms with Gasteiger partial charge in [-0.05, 0) is 21.0 Å². The van der Waals surface area contributed by atoms with Gasteiger partial charge in [0.05, 0.1) is 5.92 Å². The summed E-state index contributed by atoms with van der Waals surface area (Å²) >= 11 is 0. The third-order valence-electron chi connectivity index (χ3n) is 3.73. The third kappa shape index (κ3) is 4.18. The first-order chi connectivity index (χ1) is 8.86. The number of rotatable bonds is 6. The molecule has 1 heterocycles. The van der Waals surface area contributed by atoms with E-state index in [0.717, 1.165) is 6.54 Å². The average Bonchev–Trinajstić information content (AvgIpc) is 2.75. The maximum atomic E-state index is 12.3. The Morgan fingerprint density at radius 2 is 2.11 bits per heavy atom. The van der Waals surface area contributed by atoms with E-state index in [1.807, 2.05) is 25.9 Å². The van der Waals surface area contributed by atoms with E-state index >= 15 is 0 Å². The minimum atomic E-state index is -0.214. The van der Waals surface area contributed by atoms with E-state index in [-0.39, 0.29) is 23.8 Å². The fraction of sp³-hybridized carbons (Fsp3) is 0.846. The number of amides is 2. The van der Waals surface area contributed by atoms with Crippen molar-refractivity contribution in [3.8, 4) is 0 Å². The van der Waals surface area contributed by atoms with Crippen molar-refractivity contribution in [1.29, 1.82) is 0 Å². The van der Waals surface area contributed by atoms with Gasteiger partial charge in [-0.15, -0.1) is 0 Å². The quantitative estimate of drug-likeness (QED) is 0.686. The molecule has 0 radical (unpaired) electrons. The monoisotopic (exact) mass is 270 g/mol. The highest BCUT2D eigenvalue weighted by Gasteiger charge is 2.36. The molecule has 1 aliphatic heterocycles. The van der Waals surface area contributed by atoms with Crippen molar-refractivity contribution in [3.05, 3.63) is 0 Å². The predicted molar refractivity (Wildman–Crippen MR) is 74.5 cm³/mol. The van der Waals surface area contributed by atoms with Crippen LogP contribution in [-0.2, 0) is 9.59 Å². The van der Waals surface area contributed by atoms with Gasteiger partial charge in [0, 0.05) is 45.7 Å². The van der Waals surface area contributed by atoms with Crippen molar-refractivity contribution in [2.24, 2.45) is 11.7 Å². The molecule has 1 saturated heterocycles. The molecule has 0 saturated carbocycles. The van der Waals surface area contributed by atoms with Gasteiger partial charge in [-0.2, -0.15) is 0 Å². The lowest BCUT2D eigenvalue weighted by Gasteiger charge is -2.26. The molecule has 2 unspecified atom stereocenters. The first kappa shape index (κ1) is 15.9. The minimum Gasteiger partial charge on any atom is -0.341 e. The second kappa shape index (κ2) is 6.86. The molecule has 0 spiro atoms. The molecule has 1 aliphatic rings. The summed E-state index contributed by atoms with van der Waals surface area (Å²) in [6.45, 7) is 4.40. The van der Waals surface area contributed by atoms with E-state index in [1.54, 1.807) is 16.8 Å². The van der Waals surface area contributed by atoms with Crippen LogP contribution >= 0.6 is 0 Å². The van der Waals surface area contributed by atoms with Crippen LogP contribution in [0.1, 0.15) is 13.3 Å². The largest absolute Gasteiger partial charge is 0.341 e. The second-order valence-electron chi connectivity index (χ2n) is 5.58. The maximum absolute atomic E-state index is 12.3. The summed E-state index contributed by atoms with van der Waals surface area (Å²) in [7, 11) is 5.70. The van der Waals surface area contributed by atoms with Crippen molar-refractivity contribution < 1.29 is 9.59 Å². The number of likely N-dealkylation sites (tertiary alicyclic amines) is 1. The van der Waals surface area contributed by atoms with Crippen molar-refractivity contribution in [3.63, 3.8) is 0 Å². The zero-order valence-electron chi connectivity index (χ0n) is 12.4. The van der Waals surface area contributed by atoms with Crippen LogP contribution in [0, 0.1) is 5.92 Å².